The van der Waals surface area contributed by atoms with Crippen LogP contribution in [0.25, 0.3) is 0 Å². The zero-order chi connectivity index (χ0) is 16.6. The topological polar surface area (TPSA) is 12.5 Å². The first-order valence-corrected chi connectivity index (χ1v) is 8.44. The first-order valence-electron chi connectivity index (χ1n) is 8.44. The number of hydrogen-bond acceptors (Lipinski definition) is 2. The van der Waals surface area contributed by atoms with Crippen LogP contribution in [0.5, 0.6) is 0 Å². The molecule has 0 spiro atoms. The molecule has 0 saturated carbocycles. The standard InChI is InChI=1S/C19H32BNO/c1-7-19(3,4)22-20(5)17(2)16-21(6)15-11-14-18-12-9-8-10-13-18/h8-10,12-13,16H,7,11,14-15H2,1-6H3. The number of hydrogen-bond donors (Lipinski definition) is 0. The minimum Gasteiger partial charge on any atom is -0.427 e. The van der Waals surface area contributed by atoms with Gasteiger partial charge in [0.05, 0.1) is 0 Å². The van der Waals surface area contributed by atoms with Gasteiger partial charge in [-0.2, -0.15) is 0 Å². The fourth-order valence-electron chi connectivity index (χ4n) is 2.35. The third kappa shape index (κ3) is 7.17. The van der Waals surface area contributed by atoms with Crippen molar-refractivity contribution in [3.63, 3.8) is 0 Å². The van der Waals surface area contributed by atoms with E-state index in [9.17, 15) is 0 Å². The van der Waals surface area contributed by atoms with Crippen molar-refractivity contribution in [3.05, 3.63) is 47.6 Å². The molecule has 0 aliphatic heterocycles. The van der Waals surface area contributed by atoms with Crippen molar-refractivity contribution in [2.45, 2.75) is 59.4 Å². The molecule has 0 N–H and O–H groups in total. The van der Waals surface area contributed by atoms with E-state index in [2.05, 4.69) is 83.0 Å². The lowest BCUT2D eigenvalue weighted by atomic mass is 9.63. The second kappa shape index (κ2) is 9.04. The van der Waals surface area contributed by atoms with Gasteiger partial charge in [0.2, 0.25) is 0 Å². The van der Waals surface area contributed by atoms with Crippen LogP contribution in [0.1, 0.15) is 46.1 Å². The summed E-state index contributed by atoms with van der Waals surface area (Å²) in [5.74, 6) is 0. The van der Waals surface area contributed by atoms with Gasteiger partial charge in [0, 0.05) is 19.2 Å². The fraction of sp³-hybridized carbons (Fsp3) is 0.579. The molecule has 0 aliphatic carbocycles. The van der Waals surface area contributed by atoms with Gasteiger partial charge < -0.3 is 9.55 Å². The molecule has 3 heteroatoms. The predicted octanol–water partition coefficient (Wildman–Crippen LogP) is 4.82. The molecule has 0 fully saturated rings. The highest BCUT2D eigenvalue weighted by atomic mass is 16.5. The fourth-order valence-corrected chi connectivity index (χ4v) is 2.35. The molecule has 0 heterocycles. The van der Waals surface area contributed by atoms with Gasteiger partial charge in [-0.25, -0.2) is 0 Å². The molecule has 122 valence electrons. The summed E-state index contributed by atoms with van der Waals surface area (Å²) in [6.07, 6.45) is 5.55. The second-order valence-corrected chi connectivity index (χ2v) is 6.82. The highest BCUT2D eigenvalue weighted by Gasteiger charge is 2.22. The maximum absolute atomic E-state index is 6.13. The Bertz CT molecular complexity index is 456. The van der Waals surface area contributed by atoms with E-state index in [0.717, 1.165) is 19.4 Å². The van der Waals surface area contributed by atoms with Crippen LogP contribution in [0, 0.1) is 0 Å². The van der Waals surface area contributed by atoms with E-state index in [-0.39, 0.29) is 12.5 Å². The van der Waals surface area contributed by atoms with Crippen molar-refractivity contribution in [2.24, 2.45) is 0 Å². The molecular weight excluding hydrogens is 269 g/mol. The molecule has 1 aromatic rings. The molecule has 1 aromatic carbocycles. The van der Waals surface area contributed by atoms with Crippen molar-refractivity contribution < 1.29 is 4.65 Å². The first kappa shape index (κ1) is 18.8. The monoisotopic (exact) mass is 301 g/mol. The van der Waals surface area contributed by atoms with Gasteiger partial charge in [-0.3, -0.25) is 0 Å². The number of rotatable bonds is 9. The second-order valence-electron chi connectivity index (χ2n) is 6.82. The van der Waals surface area contributed by atoms with Crippen LogP contribution < -0.4 is 0 Å². The molecule has 22 heavy (non-hydrogen) atoms. The third-order valence-corrected chi connectivity index (χ3v) is 4.23. The minimum atomic E-state index is -0.0552. The summed E-state index contributed by atoms with van der Waals surface area (Å²) in [5.41, 5.74) is 2.64. The van der Waals surface area contributed by atoms with Gasteiger partial charge in [-0.05, 0) is 51.8 Å². The van der Waals surface area contributed by atoms with E-state index in [4.69, 9.17) is 4.65 Å². The Labute approximate surface area is 137 Å². The Morgan fingerprint density at radius 2 is 1.91 bits per heavy atom. The van der Waals surface area contributed by atoms with Crippen LogP contribution in [0.4, 0.5) is 0 Å². The minimum absolute atomic E-state index is 0.0552. The van der Waals surface area contributed by atoms with E-state index in [1.54, 1.807) is 0 Å². The van der Waals surface area contributed by atoms with Crippen LogP contribution in [0.3, 0.4) is 0 Å². The van der Waals surface area contributed by atoms with E-state index >= 15 is 0 Å². The lowest BCUT2D eigenvalue weighted by Crippen LogP contribution is -2.32. The van der Waals surface area contributed by atoms with Crippen LogP contribution in [0.15, 0.2) is 42.0 Å². The van der Waals surface area contributed by atoms with Crippen molar-refractivity contribution in [2.75, 3.05) is 13.6 Å². The summed E-state index contributed by atoms with van der Waals surface area (Å²) in [6, 6.07) is 10.7. The van der Waals surface area contributed by atoms with Crippen molar-refractivity contribution in [1.29, 1.82) is 0 Å². The average molecular weight is 301 g/mol. The summed E-state index contributed by atoms with van der Waals surface area (Å²) in [6.45, 7) is 12.0. The largest absolute Gasteiger partial charge is 0.427 e. The Balaban J connectivity index is 2.39. The molecule has 0 amide bonds. The van der Waals surface area contributed by atoms with E-state index < -0.39 is 0 Å². The Hall–Kier alpha value is -1.22. The SMILES string of the molecule is CCC(C)(C)OB(C)C(C)=CN(C)CCCc1ccccc1. The van der Waals surface area contributed by atoms with Crippen molar-refractivity contribution >= 4 is 6.92 Å². The van der Waals surface area contributed by atoms with E-state index in [0.29, 0.717) is 0 Å². The number of benzene rings is 1. The predicted molar refractivity (Wildman–Crippen MR) is 98.2 cm³/mol. The molecule has 2 nitrogen and oxygen atoms in total. The lowest BCUT2D eigenvalue weighted by Gasteiger charge is -2.28. The highest BCUT2D eigenvalue weighted by molar-refractivity contribution is 6.58. The quantitative estimate of drug-likeness (QED) is 0.606. The van der Waals surface area contributed by atoms with Crippen LogP contribution in [0.2, 0.25) is 6.82 Å². The number of aryl methyl sites for hydroxylation is 1. The zero-order valence-electron chi connectivity index (χ0n) is 15.2. The van der Waals surface area contributed by atoms with Crippen molar-refractivity contribution in [1.82, 2.24) is 4.90 Å². The first-order chi connectivity index (χ1) is 10.3. The molecule has 0 saturated heterocycles. The Morgan fingerprint density at radius 1 is 1.27 bits per heavy atom. The smallest absolute Gasteiger partial charge is 0.321 e. The normalized spacial score (nSPS) is 12.4. The molecule has 0 aromatic heterocycles. The van der Waals surface area contributed by atoms with Gasteiger partial charge in [-0.1, -0.05) is 49.6 Å². The molecule has 0 radical (unpaired) electrons. The van der Waals surface area contributed by atoms with Gasteiger partial charge in [0.15, 0.2) is 0 Å². The molecule has 0 aliphatic rings. The van der Waals surface area contributed by atoms with E-state index in [1.165, 1.54) is 17.5 Å². The number of allylic oxidation sites excluding steroid dienone is 1. The third-order valence-electron chi connectivity index (χ3n) is 4.23. The summed E-state index contributed by atoms with van der Waals surface area (Å²) in [7, 11) is 2.15. The molecule has 0 bridgehead atoms. The molecule has 1 rings (SSSR count). The maximum atomic E-state index is 6.13. The lowest BCUT2D eigenvalue weighted by molar-refractivity contribution is 0.106. The van der Waals surface area contributed by atoms with Crippen LogP contribution >= 0.6 is 0 Å². The van der Waals surface area contributed by atoms with Gasteiger partial charge in [0.1, 0.15) is 0 Å². The van der Waals surface area contributed by atoms with E-state index in [1.807, 2.05) is 0 Å². The van der Waals surface area contributed by atoms with Crippen LogP contribution in [-0.2, 0) is 11.1 Å². The van der Waals surface area contributed by atoms with Gasteiger partial charge in [-0.15, -0.1) is 0 Å². The number of nitrogens with zero attached hydrogens (tertiary/aromatic N) is 1. The molecule has 0 atom stereocenters. The highest BCUT2D eigenvalue weighted by Crippen LogP contribution is 2.18. The molecular formula is C19H32BNO. The maximum Gasteiger partial charge on any atom is 0.321 e. The van der Waals surface area contributed by atoms with Crippen molar-refractivity contribution in [3.8, 4) is 0 Å². The average Bonchev–Trinajstić information content (AvgIpc) is 2.47. The summed E-state index contributed by atoms with van der Waals surface area (Å²) in [4.78, 5) is 2.27. The van der Waals surface area contributed by atoms with Crippen LogP contribution in [-0.4, -0.2) is 31.0 Å². The molecule has 0 unspecified atom stereocenters. The van der Waals surface area contributed by atoms with Gasteiger partial charge >= 0.3 is 6.92 Å². The van der Waals surface area contributed by atoms with Gasteiger partial charge in [0.25, 0.3) is 0 Å². The summed E-state index contributed by atoms with van der Waals surface area (Å²) in [5, 5.41) is 0. The Kier molecular flexibility index (Phi) is 7.74. The summed E-state index contributed by atoms with van der Waals surface area (Å²) >= 11 is 0. The summed E-state index contributed by atoms with van der Waals surface area (Å²) < 4.78 is 6.13. The zero-order valence-corrected chi connectivity index (χ0v) is 15.2. The Morgan fingerprint density at radius 3 is 2.50 bits per heavy atom.